The number of hydrogen-bond acceptors (Lipinski definition) is 5. The third kappa shape index (κ3) is 3.32. The maximum absolute atomic E-state index is 11.6. The number of aromatic nitrogens is 1. The monoisotopic (exact) mass is 236 g/mol. The topological polar surface area (TPSA) is 89.3 Å². The molecule has 1 amide bonds. The number of rotatable bonds is 2. The Morgan fingerprint density at radius 3 is 3.24 bits per heavy atom. The molecule has 1 aliphatic heterocycles. The van der Waals surface area contributed by atoms with Gasteiger partial charge >= 0.3 is 6.09 Å². The van der Waals surface area contributed by atoms with Crippen molar-refractivity contribution in [2.75, 3.05) is 18.8 Å². The number of ether oxygens (including phenoxy) is 1. The lowest BCUT2D eigenvalue weighted by Crippen LogP contribution is -2.46. The van der Waals surface area contributed by atoms with Gasteiger partial charge in [0.05, 0.1) is 11.9 Å². The van der Waals surface area contributed by atoms with Gasteiger partial charge in [-0.15, -0.1) is 0 Å². The van der Waals surface area contributed by atoms with Crippen molar-refractivity contribution in [2.45, 2.75) is 18.9 Å². The van der Waals surface area contributed by atoms with Gasteiger partial charge in [0.25, 0.3) is 0 Å². The van der Waals surface area contributed by atoms with Crippen molar-refractivity contribution < 1.29 is 9.53 Å². The first kappa shape index (κ1) is 11.7. The van der Waals surface area contributed by atoms with Crippen LogP contribution in [-0.4, -0.2) is 30.2 Å². The number of nitrogens with zero attached hydrogens (tertiary/aromatic N) is 1. The van der Waals surface area contributed by atoms with Crippen molar-refractivity contribution in [2.24, 2.45) is 0 Å². The summed E-state index contributed by atoms with van der Waals surface area (Å²) in [5, 5.41) is 6.01. The summed E-state index contributed by atoms with van der Waals surface area (Å²) in [6, 6.07) is 1.69. The van der Waals surface area contributed by atoms with Gasteiger partial charge in [-0.25, -0.2) is 4.79 Å². The fourth-order valence-electron chi connectivity index (χ4n) is 1.76. The van der Waals surface area contributed by atoms with Gasteiger partial charge in [-0.1, -0.05) is 0 Å². The number of pyridine rings is 1. The molecule has 2 heterocycles. The summed E-state index contributed by atoms with van der Waals surface area (Å²) in [5.41, 5.74) is 5.97. The predicted octanol–water partition coefficient (Wildman–Crippen LogP) is 0.504. The normalized spacial score (nSPS) is 19.6. The highest BCUT2D eigenvalue weighted by Crippen LogP contribution is 2.18. The van der Waals surface area contributed by atoms with Crippen LogP contribution in [0.4, 0.5) is 10.5 Å². The number of amides is 1. The van der Waals surface area contributed by atoms with Crippen molar-refractivity contribution in [3.8, 4) is 5.75 Å². The van der Waals surface area contributed by atoms with E-state index in [1.54, 1.807) is 6.07 Å². The fraction of sp³-hybridized carbons (Fsp3) is 0.455. The molecule has 1 unspecified atom stereocenters. The highest BCUT2D eigenvalue weighted by molar-refractivity contribution is 5.72. The van der Waals surface area contributed by atoms with E-state index < -0.39 is 6.09 Å². The molecule has 92 valence electrons. The Morgan fingerprint density at radius 2 is 2.53 bits per heavy atom. The summed E-state index contributed by atoms with van der Waals surface area (Å²) in [7, 11) is 0. The van der Waals surface area contributed by atoms with Crippen LogP contribution in [0.25, 0.3) is 0 Å². The summed E-state index contributed by atoms with van der Waals surface area (Å²) >= 11 is 0. The Kier molecular flexibility index (Phi) is 3.77. The zero-order valence-electron chi connectivity index (χ0n) is 9.48. The third-order valence-corrected chi connectivity index (χ3v) is 2.63. The number of carbonyl (C=O) groups excluding carboxylic acids is 1. The highest BCUT2D eigenvalue weighted by Gasteiger charge is 2.16. The van der Waals surface area contributed by atoms with Crippen LogP contribution in [0.1, 0.15) is 12.8 Å². The average molecular weight is 236 g/mol. The van der Waals surface area contributed by atoms with Gasteiger partial charge in [0, 0.05) is 24.8 Å². The second-order valence-electron chi connectivity index (χ2n) is 3.99. The summed E-state index contributed by atoms with van der Waals surface area (Å²) in [4.78, 5) is 15.4. The summed E-state index contributed by atoms with van der Waals surface area (Å²) in [5.74, 6) is 0.335. The van der Waals surface area contributed by atoms with E-state index in [0.717, 1.165) is 25.9 Å². The molecule has 1 aliphatic rings. The van der Waals surface area contributed by atoms with Gasteiger partial charge in [0.1, 0.15) is 0 Å². The molecule has 0 aliphatic carbocycles. The molecular formula is C11H16N4O2. The summed E-state index contributed by atoms with van der Waals surface area (Å²) in [6.07, 6.45) is 4.53. The fourth-order valence-corrected chi connectivity index (χ4v) is 1.76. The first-order valence-corrected chi connectivity index (χ1v) is 5.64. The standard InChI is InChI=1S/C11H16N4O2/c12-9-7-14-5-3-10(9)17-11(16)15-8-2-1-4-13-6-8/h3,5,7-8,13H,1-2,4,6,12H2,(H,15,16). The Morgan fingerprint density at radius 1 is 1.65 bits per heavy atom. The molecule has 0 spiro atoms. The Hall–Kier alpha value is -1.82. The van der Waals surface area contributed by atoms with E-state index >= 15 is 0 Å². The van der Waals surface area contributed by atoms with Crippen molar-refractivity contribution in [1.29, 1.82) is 0 Å². The van der Waals surface area contributed by atoms with Crippen molar-refractivity contribution in [3.05, 3.63) is 18.5 Å². The molecule has 6 heteroatoms. The quantitative estimate of drug-likeness (QED) is 0.696. The van der Waals surface area contributed by atoms with Crippen LogP contribution in [0.2, 0.25) is 0 Å². The molecule has 0 bridgehead atoms. The van der Waals surface area contributed by atoms with Crippen molar-refractivity contribution in [3.63, 3.8) is 0 Å². The lowest BCUT2D eigenvalue weighted by Gasteiger charge is -2.23. The summed E-state index contributed by atoms with van der Waals surface area (Å²) in [6.45, 7) is 1.78. The average Bonchev–Trinajstić information content (AvgIpc) is 2.33. The van der Waals surface area contributed by atoms with Gasteiger partial charge in [-0.05, 0) is 19.4 Å². The minimum atomic E-state index is -0.475. The van der Waals surface area contributed by atoms with Gasteiger partial charge in [-0.3, -0.25) is 4.98 Å². The van der Waals surface area contributed by atoms with Crippen LogP contribution in [0.3, 0.4) is 0 Å². The number of anilines is 1. The van der Waals surface area contributed by atoms with Crippen molar-refractivity contribution >= 4 is 11.8 Å². The molecule has 1 aromatic heterocycles. The van der Waals surface area contributed by atoms with E-state index in [0.29, 0.717) is 11.4 Å². The Bertz CT molecular complexity index is 391. The van der Waals surface area contributed by atoms with E-state index in [2.05, 4.69) is 15.6 Å². The van der Waals surface area contributed by atoms with E-state index in [-0.39, 0.29) is 6.04 Å². The Balaban J connectivity index is 1.86. The molecule has 0 radical (unpaired) electrons. The zero-order valence-corrected chi connectivity index (χ0v) is 9.48. The largest absolute Gasteiger partial charge is 0.412 e. The van der Waals surface area contributed by atoms with Gasteiger partial charge < -0.3 is 21.1 Å². The predicted molar refractivity (Wildman–Crippen MR) is 63.7 cm³/mol. The van der Waals surface area contributed by atoms with Gasteiger partial charge in [0.15, 0.2) is 5.75 Å². The number of nitrogens with one attached hydrogen (secondary N) is 2. The van der Waals surface area contributed by atoms with Gasteiger partial charge in [-0.2, -0.15) is 0 Å². The molecule has 1 fully saturated rings. The minimum Gasteiger partial charge on any atom is -0.408 e. The van der Waals surface area contributed by atoms with Crippen LogP contribution in [0.15, 0.2) is 18.5 Å². The maximum Gasteiger partial charge on any atom is 0.412 e. The van der Waals surface area contributed by atoms with E-state index in [4.69, 9.17) is 10.5 Å². The first-order chi connectivity index (χ1) is 8.25. The second kappa shape index (κ2) is 5.49. The molecule has 1 saturated heterocycles. The molecular weight excluding hydrogens is 220 g/mol. The molecule has 0 aromatic carbocycles. The third-order valence-electron chi connectivity index (χ3n) is 2.63. The minimum absolute atomic E-state index is 0.124. The molecule has 1 aromatic rings. The number of nitrogen functional groups attached to an aromatic ring is 1. The molecule has 6 nitrogen and oxygen atoms in total. The number of piperidine rings is 1. The summed E-state index contributed by atoms with van der Waals surface area (Å²) < 4.78 is 5.11. The highest BCUT2D eigenvalue weighted by atomic mass is 16.6. The lowest BCUT2D eigenvalue weighted by atomic mass is 10.1. The van der Waals surface area contributed by atoms with Crippen LogP contribution < -0.4 is 21.1 Å². The van der Waals surface area contributed by atoms with E-state index in [9.17, 15) is 4.79 Å². The second-order valence-corrected chi connectivity index (χ2v) is 3.99. The van der Waals surface area contributed by atoms with Crippen LogP contribution in [-0.2, 0) is 0 Å². The Labute approximate surface area is 99.5 Å². The number of carbonyl (C=O) groups is 1. The SMILES string of the molecule is Nc1cnccc1OC(=O)NC1CCCNC1. The van der Waals surface area contributed by atoms with E-state index in [1.807, 2.05) is 0 Å². The maximum atomic E-state index is 11.6. The number of nitrogens with two attached hydrogens (primary N) is 1. The van der Waals surface area contributed by atoms with Crippen LogP contribution in [0.5, 0.6) is 5.75 Å². The van der Waals surface area contributed by atoms with Crippen LogP contribution >= 0.6 is 0 Å². The molecule has 4 N–H and O–H groups in total. The molecule has 1 atom stereocenters. The zero-order chi connectivity index (χ0) is 12.1. The van der Waals surface area contributed by atoms with Crippen LogP contribution in [0, 0.1) is 0 Å². The first-order valence-electron chi connectivity index (χ1n) is 5.64. The smallest absolute Gasteiger partial charge is 0.408 e. The lowest BCUT2D eigenvalue weighted by molar-refractivity contribution is 0.193. The number of hydrogen-bond donors (Lipinski definition) is 3. The molecule has 17 heavy (non-hydrogen) atoms. The van der Waals surface area contributed by atoms with Crippen molar-refractivity contribution in [1.82, 2.24) is 15.6 Å². The van der Waals surface area contributed by atoms with Gasteiger partial charge in [0.2, 0.25) is 0 Å². The molecule has 0 saturated carbocycles. The molecule has 2 rings (SSSR count). The van der Waals surface area contributed by atoms with E-state index in [1.165, 1.54) is 12.4 Å².